The number of carbonyl (C=O) groups is 1. The summed E-state index contributed by atoms with van der Waals surface area (Å²) < 4.78 is 10.1. The molecule has 0 aliphatic carbocycles. The molecule has 0 aliphatic rings. The number of rotatable bonds is 7. The van der Waals surface area contributed by atoms with Crippen molar-refractivity contribution < 1.29 is 14.3 Å². The van der Waals surface area contributed by atoms with E-state index in [4.69, 9.17) is 9.47 Å². The van der Waals surface area contributed by atoms with Gasteiger partial charge in [0.25, 0.3) is 0 Å². The van der Waals surface area contributed by atoms with E-state index in [1.54, 1.807) is 18.4 Å². The molecule has 2 rings (SSSR count). The Balaban J connectivity index is 2.02. The molecule has 5 heteroatoms. The number of aromatic nitrogens is 1. The lowest BCUT2D eigenvalue weighted by Gasteiger charge is -2.02. The zero-order valence-corrected chi connectivity index (χ0v) is 13.1. The molecule has 4 nitrogen and oxygen atoms in total. The van der Waals surface area contributed by atoms with E-state index in [0.29, 0.717) is 26.1 Å². The normalized spacial score (nSPS) is 10.6. The third kappa shape index (κ3) is 4.65. The summed E-state index contributed by atoms with van der Waals surface area (Å²) >= 11 is 1.59. The Morgan fingerprint density at radius 2 is 2.24 bits per heavy atom. The average Bonchev–Trinajstić information content (AvgIpc) is 2.95. The fraction of sp³-hybridized carbons (Fsp3) is 0.375. The van der Waals surface area contributed by atoms with Gasteiger partial charge in [-0.05, 0) is 18.6 Å². The van der Waals surface area contributed by atoms with Gasteiger partial charge in [-0.2, -0.15) is 0 Å². The van der Waals surface area contributed by atoms with Crippen LogP contribution in [-0.2, 0) is 27.3 Å². The van der Waals surface area contributed by atoms with E-state index in [1.807, 2.05) is 30.5 Å². The van der Waals surface area contributed by atoms with Gasteiger partial charge in [-0.25, -0.2) is 4.98 Å². The second-order valence-electron chi connectivity index (χ2n) is 4.58. The molecule has 1 aromatic heterocycles. The summed E-state index contributed by atoms with van der Waals surface area (Å²) in [5, 5.41) is 2.96. The fourth-order valence-corrected chi connectivity index (χ4v) is 2.83. The Kier molecular flexibility index (Phi) is 5.90. The van der Waals surface area contributed by atoms with Crippen LogP contribution in [0.3, 0.4) is 0 Å². The maximum atomic E-state index is 11.3. The highest BCUT2D eigenvalue weighted by Crippen LogP contribution is 2.25. The number of methoxy groups -OCH3 is 1. The standard InChI is InChI=1S/C16H19NO3S/c1-3-20-15(18)8-7-14-11-21-16(17-14)13-6-4-5-12(9-13)10-19-2/h4-6,9,11H,3,7-8,10H2,1-2H3. The number of carbonyl (C=O) groups excluding carboxylic acids is 1. The number of hydrogen-bond acceptors (Lipinski definition) is 5. The van der Waals surface area contributed by atoms with Crippen molar-refractivity contribution in [3.63, 3.8) is 0 Å². The number of aryl methyl sites for hydroxylation is 1. The van der Waals surface area contributed by atoms with Gasteiger partial charge in [0, 0.05) is 24.5 Å². The highest BCUT2D eigenvalue weighted by molar-refractivity contribution is 7.13. The maximum absolute atomic E-state index is 11.3. The van der Waals surface area contributed by atoms with Crippen molar-refractivity contribution in [1.29, 1.82) is 0 Å². The minimum atomic E-state index is -0.172. The van der Waals surface area contributed by atoms with Crippen molar-refractivity contribution in [1.82, 2.24) is 4.98 Å². The first-order chi connectivity index (χ1) is 10.2. The molecule has 0 aliphatic heterocycles. The number of esters is 1. The molecule has 0 fully saturated rings. The Labute approximate surface area is 128 Å². The lowest BCUT2D eigenvalue weighted by molar-refractivity contribution is -0.143. The zero-order valence-electron chi connectivity index (χ0n) is 12.3. The molecule has 0 amide bonds. The Morgan fingerprint density at radius 1 is 1.38 bits per heavy atom. The van der Waals surface area contributed by atoms with Crippen LogP contribution in [-0.4, -0.2) is 24.7 Å². The molecular formula is C16H19NO3S. The third-order valence-electron chi connectivity index (χ3n) is 2.93. The van der Waals surface area contributed by atoms with Crippen LogP contribution in [0.5, 0.6) is 0 Å². The van der Waals surface area contributed by atoms with Crippen molar-refractivity contribution in [3.05, 3.63) is 40.9 Å². The molecule has 112 valence electrons. The van der Waals surface area contributed by atoms with Crippen LogP contribution in [0.2, 0.25) is 0 Å². The smallest absolute Gasteiger partial charge is 0.306 e. The number of hydrogen-bond donors (Lipinski definition) is 0. The highest BCUT2D eigenvalue weighted by atomic mass is 32.1. The lowest BCUT2D eigenvalue weighted by atomic mass is 10.1. The molecule has 1 heterocycles. The molecular weight excluding hydrogens is 286 g/mol. The Bertz CT molecular complexity index is 595. The van der Waals surface area contributed by atoms with Crippen LogP contribution in [0.1, 0.15) is 24.6 Å². The monoisotopic (exact) mass is 305 g/mol. The van der Waals surface area contributed by atoms with E-state index in [-0.39, 0.29) is 5.97 Å². The summed E-state index contributed by atoms with van der Waals surface area (Å²) in [4.78, 5) is 15.9. The number of benzene rings is 1. The lowest BCUT2D eigenvalue weighted by Crippen LogP contribution is -2.05. The predicted octanol–water partition coefficient (Wildman–Crippen LogP) is 3.45. The Morgan fingerprint density at radius 3 is 3.00 bits per heavy atom. The first kappa shape index (κ1) is 15.7. The minimum Gasteiger partial charge on any atom is -0.466 e. The SMILES string of the molecule is CCOC(=O)CCc1csc(-c2cccc(COC)c2)n1. The van der Waals surface area contributed by atoms with Crippen molar-refractivity contribution >= 4 is 17.3 Å². The second kappa shape index (κ2) is 7.90. The van der Waals surface area contributed by atoms with E-state index in [2.05, 4.69) is 11.1 Å². The molecule has 1 aromatic carbocycles. The third-order valence-corrected chi connectivity index (χ3v) is 3.87. The predicted molar refractivity (Wildman–Crippen MR) is 83.2 cm³/mol. The van der Waals surface area contributed by atoms with Crippen molar-refractivity contribution in [2.24, 2.45) is 0 Å². The van der Waals surface area contributed by atoms with Gasteiger partial charge in [0.05, 0.1) is 25.3 Å². The van der Waals surface area contributed by atoms with Gasteiger partial charge in [-0.3, -0.25) is 4.79 Å². The highest BCUT2D eigenvalue weighted by Gasteiger charge is 2.08. The summed E-state index contributed by atoms with van der Waals surface area (Å²) in [5.41, 5.74) is 3.13. The van der Waals surface area contributed by atoms with Gasteiger partial charge in [-0.1, -0.05) is 18.2 Å². The maximum Gasteiger partial charge on any atom is 0.306 e. The number of nitrogens with zero attached hydrogens (tertiary/aromatic N) is 1. The van der Waals surface area contributed by atoms with E-state index < -0.39 is 0 Å². The minimum absolute atomic E-state index is 0.172. The van der Waals surface area contributed by atoms with Crippen LogP contribution < -0.4 is 0 Å². The van der Waals surface area contributed by atoms with Gasteiger partial charge in [0.1, 0.15) is 5.01 Å². The first-order valence-electron chi connectivity index (χ1n) is 6.91. The second-order valence-corrected chi connectivity index (χ2v) is 5.44. The van der Waals surface area contributed by atoms with Gasteiger partial charge in [0.2, 0.25) is 0 Å². The number of ether oxygens (including phenoxy) is 2. The molecule has 0 spiro atoms. The van der Waals surface area contributed by atoms with E-state index >= 15 is 0 Å². The van der Waals surface area contributed by atoms with Gasteiger partial charge < -0.3 is 9.47 Å². The van der Waals surface area contributed by atoms with Crippen molar-refractivity contribution in [3.8, 4) is 10.6 Å². The molecule has 0 radical (unpaired) electrons. The van der Waals surface area contributed by atoms with Crippen LogP contribution in [0.25, 0.3) is 10.6 Å². The molecule has 0 bridgehead atoms. The topological polar surface area (TPSA) is 48.4 Å². The van der Waals surface area contributed by atoms with Crippen LogP contribution in [0.15, 0.2) is 29.6 Å². The van der Waals surface area contributed by atoms with Crippen LogP contribution in [0, 0.1) is 0 Å². The van der Waals surface area contributed by atoms with Gasteiger partial charge in [0.15, 0.2) is 0 Å². The quantitative estimate of drug-likeness (QED) is 0.735. The van der Waals surface area contributed by atoms with Crippen LogP contribution in [0.4, 0.5) is 0 Å². The summed E-state index contributed by atoms with van der Waals surface area (Å²) in [6.45, 7) is 2.83. The summed E-state index contributed by atoms with van der Waals surface area (Å²) in [5.74, 6) is -0.172. The molecule has 0 saturated heterocycles. The van der Waals surface area contributed by atoms with E-state index in [9.17, 15) is 4.79 Å². The van der Waals surface area contributed by atoms with Crippen molar-refractivity contribution in [2.45, 2.75) is 26.4 Å². The summed E-state index contributed by atoms with van der Waals surface area (Å²) in [7, 11) is 1.68. The summed E-state index contributed by atoms with van der Waals surface area (Å²) in [6, 6.07) is 8.15. The molecule has 0 unspecified atom stereocenters. The summed E-state index contributed by atoms with van der Waals surface area (Å²) in [6.07, 6.45) is 0.994. The Hall–Kier alpha value is -1.72. The van der Waals surface area contributed by atoms with Crippen LogP contribution >= 0.6 is 11.3 Å². The molecule has 0 saturated carbocycles. The average molecular weight is 305 g/mol. The van der Waals surface area contributed by atoms with Gasteiger partial charge in [-0.15, -0.1) is 11.3 Å². The van der Waals surface area contributed by atoms with Crippen molar-refractivity contribution in [2.75, 3.05) is 13.7 Å². The largest absolute Gasteiger partial charge is 0.466 e. The molecule has 21 heavy (non-hydrogen) atoms. The molecule has 2 aromatic rings. The first-order valence-corrected chi connectivity index (χ1v) is 7.79. The molecule has 0 N–H and O–H groups in total. The molecule has 0 atom stereocenters. The van der Waals surface area contributed by atoms with Gasteiger partial charge >= 0.3 is 5.97 Å². The van der Waals surface area contributed by atoms with E-state index in [1.165, 1.54) is 0 Å². The van der Waals surface area contributed by atoms with E-state index in [0.717, 1.165) is 21.8 Å². The number of thiazole rings is 1. The fourth-order valence-electron chi connectivity index (χ4n) is 1.98. The zero-order chi connectivity index (χ0) is 15.1.